The van der Waals surface area contributed by atoms with Gasteiger partial charge in [-0.3, -0.25) is 4.90 Å². The minimum atomic E-state index is -0.763. The van der Waals surface area contributed by atoms with Crippen molar-refractivity contribution in [3.8, 4) is 5.75 Å². The Morgan fingerprint density at radius 1 is 1.29 bits per heavy atom. The lowest BCUT2D eigenvalue weighted by Gasteiger charge is -2.27. The topological polar surface area (TPSA) is 53.6 Å². The van der Waals surface area contributed by atoms with Gasteiger partial charge in [-0.2, -0.15) is 0 Å². The monoisotopic (exact) mass is 409 g/mol. The van der Waals surface area contributed by atoms with Gasteiger partial charge >= 0.3 is 6.03 Å². The summed E-state index contributed by atoms with van der Waals surface area (Å²) in [6.45, 7) is 4.44. The van der Waals surface area contributed by atoms with Crippen molar-refractivity contribution in [2.75, 3.05) is 26.2 Å². The van der Waals surface area contributed by atoms with Gasteiger partial charge in [0, 0.05) is 17.5 Å². The molecular weight excluding hydrogens is 384 g/mol. The number of likely N-dealkylation sites (tertiary alicyclic amines) is 1. The number of hydrogen-bond donors (Lipinski definition) is 2. The number of halogens is 2. The highest BCUT2D eigenvalue weighted by molar-refractivity contribution is 7.10. The highest BCUT2D eigenvalue weighted by Crippen LogP contribution is 2.27. The van der Waals surface area contributed by atoms with Gasteiger partial charge in [0.25, 0.3) is 0 Å². The van der Waals surface area contributed by atoms with Crippen LogP contribution >= 0.6 is 11.3 Å². The predicted molar refractivity (Wildman–Crippen MR) is 106 cm³/mol. The van der Waals surface area contributed by atoms with E-state index in [1.807, 2.05) is 11.4 Å². The molecule has 0 saturated carbocycles. The summed E-state index contributed by atoms with van der Waals surface area (Å²) < 4.78 is 31.8. The summed E-state index contributed by atoms with van der Waals surface area (Å²) in [5.74, 6) is -1.46. The van der Waals surface area contributed by atoms with Crippen LogP contribution in [0.1, 0.15) is 30.7 Å². The maximum Gasteiger partial charge on any atom is 0.315 e. The fourth-order valence-electron chi connectivity index (χ4n) is 3.26. The fourth-order valence-corrected chi connectivity index (χ4v) is 4.12. The van der Waals surface area contributed by atoms with Gasteiger partial charge in [0.2, 0.25) is 0 Å². The zero-order valence-electron chi connectivity index (χ0n) is 15.8. The van der Waals surface area contributed by atoms with E-state index in [-0.39, 0.29) is 30.5 Å². The lowest BCUT2D eigenvalue weighted by Crippen LogP contribution is -2.46. The van der Waals surface area contributed by atoms with Crippen LogP contribution < -0.4 is 15.4 Å². The average Bonchev–Trinajstić information content (AvgIpc) is 3.35. The lowest BCUT2D eigenvalue weighted by molar-refractivity contribution is 0.212. The summed E-state index contributed by atoms with van der Waals surface area (Å²) in [6, 6.07) is 6.80. The number of rotatable bonds is 8. The van der Waals surface area contributed by atoms with E-state index in [2.05, 4.69) is 21.6 Å². The Morgan fingerprint density at radius 2 is 2.07 bits per heavy atom. The van der Waals surface area contributed by atoms with Crippen LogP contribution in [-0.2, 0) is 0 Å². The second kappa shape index (κ2) is 9.84. The molecule has 5 nitrogen and oxygen atoms in total. The number of carbonyl (C=O) groups excluding carboxylic acids is 1. The first kappa shape index (κ1) is 20.5. The molecule has 0 aliphatic carbocycles. The molecule has 0 spiro atoms. The van der Waals surface area contributed by atoms with Gasteiger partial charge in [-0.05, 0) is 56.4 Å². The van der Waals surface area contributed by atoms with Crippen LogP contribution in [0.3, 0.4) is 0 Å². The molecule has 2 heterocycles. The third kappa shape index (κ3) is 5.65. The molecule has 1 aromatic heterocycles. The van der Waals surface area contributed by atoms with Gasteiger partial charge in [-0.25, -0.2) is 13.6 Å². The maximum absolute atomic E-state index is 13.6. The number of ether oxygens (including phenoxy) is 1. The zero-order chi connectivity index (χ0) is 19.9. The molecule has 1 fully saturated rings. The van der Waals surface area contributed by atoms with Crippen LogP contribution in [0.2, 0.25) is 0 Å². The first-order valence-electron chi connectivity index (χ1n) is 9.42. The standard InChI is InChI=1S/C20H25F2N3O2S/c1-14(13-27-18-7-6-15(21)11-16(18)22)24-20(26)23-12-17(19-5-4-10-28-19)25-8-2-3-9-25/h4-7,10-11,14,17H,2-3,8-9,12-13H2,1H3,(H2,23,24,26). The largest absolute Gasteiger partial charge is 0.488 e. The van der Waals surface area contributed by atoms with E-state index in [0.717, 1.165) is 25.2 Å². The molecule has 0 radical (unpaired) electrons. The number of carbonyl (C=O) groups is 1. The van der Waals surface area contributed by atoms with Crippen molar-refractivity contribution in [2.45, 2.75) is 31.8 Å². The van der Waals surface area contributed by atoms with Crippen LogP contribution in [0.15, 0.2) is 35.7 Å². The number of benzene rings is 1. The Labute approximate surface area is 167 Å². The molecule has 1 aromatic carbocycles. The van der Waals surface area contributed by atoms with Crippen molar-refractivity contribution in [1.82, 2.24) is 15.5 Å². The van der Waals surface area contributed by atoms with Crippen LogP contribution in [0.25, 0.3) is 0 Å². The Bertz CT molecular complexity index is 767. The molecule has 28 heavy (non-hydrogen) atoms. The molecule has 1 saturated heterocycles. The van der Waals surface area contributed by atoms with Crippen molar-refractivity contribution >= 4 is 17.4 Å². The minimum Gasteiger partial charge on any atom is -0.488 e. The van der Waals surface area contributed by atoms with E-state index in [0.29, 0.717) is 6.54 Å². The lowest BCUT2D eigenvalue weighted by atomic mass is 10.2. The second-order valence-electron chi connectivity index (χ2n) is 6.92. The average molecular weight is 410 g/mol. The van der Waals surface area contributed by atoms with E-state index >= 15 is 0 Å². The molecule has 8 heteroatoms. The summed E-state index contributed by atoms with van der Waals surface area (Å²) in [7, 11) is 0. The molecule has 152 valence electrons. The maximum atomic E-state index is 13.6. The molecule has 2 aromatic rings. The van der Waals surface area contributed by atoms with E-state index in [9.17, 15) is 13.6 Å². The van der Waals surface area contributed by atoms with E-state index in [1.54, 1.807) is 18.3 Å². The van der Waals surface area contributed by atoms with Crippen molar-refractivity contribution < 1.29 is 18.3 Å². The van der Waals surface area contributed by atoms with Gasteiger partial charge in [-0.1, -0.05) is 6.07 Å². The van der Waals surface area contributed by atoms with Gasteiger partial charge in [0.05, 0.1) is 12.1 Å². The Morgan fingerprint density at radius 3 is 2.75 bits per heavy atom. The molecule has 2 unspecified atom stereocenters. The van der Waals surface area contributed by atoms with E-state index in [1.165, 1.54) is 23.8 Å². The Hall–Kier alpha value is -2.19. The van der Waals surface area contributed by atoms with Crippen LogP contribution in [0, 0.1) is 11.6 Å². The summed E-state index contributed by atoms with van der Waals surface area (Å²) in [5, 5.41) is 7.77. The Balaban J connectivity index is 1.46. The third-order valence-corrected chi connectivity index (χ3v) is 5.64. The normalized spacial score (nSPS) is 16.5. The number of hydrogen-bond acceptors (Lipinski definition) is 4. The number of thiophene rings is 1. The van der Waals surface area contributed by atoms with E-state index < -0.39 is 11.6 Å². The number of nitrogens with zero attached hydrogens (tertiary/aromatic N) is 1. The van der Waals surface area contributed by atoms with Crippen LogP contribution in [0.5, 0.6) is 5.75 Å². The molecule has 1 aliphatic heterocycles. The molecule has 3 rings (SSSR count). The third-order valence-electron chi connectivity index (χ3n) is 4.67. The smallest absolute Gasteiger partial charge is 0.315 e. The molecule has 1 aliphatic rings. The molecule has 2 amide bonds. The summed E-state index contributed by atoms with van der Waals surface area (Å²) in [4.78, 5) is 15.9. The highest BCUT2D eigenvalue weighted by atomic mass is 32.1. The quantitative estimate of drug-likeness (QED) is 0.695. The highest BCUT2D eigenvalue weighted by Gasteiger charge is 2.24. The van der Waals surface area contributed by atoms with Crippen LogP contribution in [0.4, 0.5) is 13.6 Å². The number of nitrogens with one attached hydrogen (secondary N) is 2. The fraction of sp³-hybridized carbons (Fsp3) is 0.450. The number of amides is 2. The molecule has 2 N–H and O–H groups in total. The Kier molecular flexibility index (Phi) is 7.22. The van der Waals surface area contributed by atoms with Gasteiger partial charge in [0.1, 0.15) is 12.4 Å². The first-order valence-corrected chi connectivity index (χ1v) is 10.3. The number of urea groups is 1. The summed E-state index contributed by atoms with van der Waals surface area (Å²) in [5.41, 5.74) is 0. The van der Waals surface area contributed by atoms with Gasteiger partial charge in [-0.15, -0.1) is 11.3 Å². The van der Waals surface area contributed by atoms with Crippen molar-refractivity contribution in [3.05, 3.63) is 52.2 Å². The zero-order valence-corrected chi connectivity index (χ0v) is 16.6. The minimum absolute atomic E-state index is 0.0396. The SMILES string of the molecule is CC(COc1ccc(F)cc1F)NC(=O)NCC(c1cccs1)N1CCCC1. The summed E-state index contributed by atoms with van der Waals surface area (Å²) >= 11 is 1.70. The molecular formula is C20H25F2N3O2S. The molecule has 2 atom stereocenters. The van der Waals surface area contributed by atoms with Crippen molar-refractivity contribution in [3.63, 3.8) is 0 Å². The van der Waals surface area contributed by atoms with Gasteiger partial charge < -0.3 is 15.4 Å². The summed E-state index contributed by atoms with van der Waals surface area (Å²) in [6.07, 6.45) is 2.37. The van der Waals surface area contributed by atoms with Crippen LogP contribution in [-0.4, -0.2) is 43.2 Å². The first-order chi connectivity index (χ1) is 13.5. The van der Waals surface area contributed by atoms with Crippen molar-refractivity contribution in [2.24, 2.45) is 0 Å². The predicted octanol–water partition coefficient (Wildman–Crippen LogP) is 3.93. The van der Waals surface area contributed by atoms with Crippen molar-refractivity contribution in [1.29, 1.82) is 0 Å². The molecule has 0 bridgehead atoms. The second-order valence-corrected chi connectivity index (χ2v) is 7.89. The van der Waals surface area contributed by atoms with Gasteiger partial charge in [0.15, 0.2) is 11.6 Å². The van der Waals surface area contributed by atoms with E-state index in [4.69, 9.17) is 4.74 Å².